The van der Waals surface area contributed by atoms with Crippen LogP contribution in [-0.4, -0.2) is 16.8 Å². The lowest BCUT2D eigenvalue weighted by atomic mass is 9.91. The Labute approximate surface area is 144 Å². The van der Waals surface area contributed by atoms with Gasteiger partial charge in [0.05, 0.1) is 18.2 Å². The highest BCUT2D eigenvalue weighted by Gasteiger charge is 2.48. The maximum Gasteiger partial charge on any atom is 0.325 e. The van der Waals surface area contributed by atoms with Crippen LogP contribution < -0.4 is 5.32 Å². The van der Waals surface area contributed by atoms with E-state index < -0.39 is 11.6 Å². The molecule has 24 heavy (non-hydrogen) atoms. The molecule has 5 nitrogen and oxygen atoms in total. The molecule has 0 aliphatic carbocycles. The van der Waals surface area contributed by atoms with Gasteiger partial charge in [0.25, 0.3) is 5.91 Å². The number of imide groups is 1. The lowest BCUT2D eigenvalue weighted by Crippen LogP contribution is -2.40. The summed E-state index contributed by atoms with van der Waals surface area (Å²) in [6, 6.07) is 15.2. The number of halogens is 1. The average Bonchev–Trinajstić information content (AvgIpc) is 2.81. The SMILES string of the molecule is CC1(c2ccc(C#N)cc2)NC(=O)N(Cc2ccc(Cl)cc2)C1=O. The van der Waals surface area contributed by atoms with E-state index >= 15 is 0 Å². The van der Waals surface area contributed by atoms with Gasteiger partial charge in [0.2, 0.25) is 0 Å². The molecular formula is C18H14ClN3O2. The maximum atomic E-state index is 12.8. The fourth-order valence-electron chi connectivity index (χ4n) is 2.69. The second-order valence-corrected chi connectivity index (χ2v) is 6.20. The zero-order valence-corrected chi connectivity index (χ0v) is 13.7. The van der Waals surface area contributed by atoms with Gasteiger partial charge >= 0.3 is 6.03 Å². The molecule has 1 saturated heterocycles. The van der Waals surface area contributed by atoms with E-state index in [2.05, 4.69) is 5.32 Å². The number of rotatable bonds is 3. The van der Waals surface area contributed by atoms with Gasteiger partial charge in [-0.3, -0.25) is 9.69 Å². The van der Waals surface area contributed by atoms with E-state index in [1.165, 1.54) is 4.90 Å². The zero-order valence-electron chi connectivity index (χ0n) is 12.9. The zero-order chi connectivity index (χ0) is 17.3. The number of urea groups is 1. The number of carbonyl (C=O) groups excluding carboxylic acids is 2. The van der Waals surface area contributed by atoms with Crippen molar-refractivity contribution in [2.24, 2.45) is 0 Å². The Morgan fingerprint density at radius 2 is 1.75 bits per heavy atom. The van der Waals surface area contributed by atoms with Crippen molar-refractivity contribution in [3.8, 4) is 6.07 Å². The van der Waals surface area contributed by atoms with Crippen LogP contribution in [0.2, 0.25) is 5.02 Å². The molecule has 3 rings (SSSR count). The molecule has 0 radical (unpaired) electrons. The van der Waals surface area contributed by atoms with Crippen molar-refractivity contribution >= 4 is 23.5 Å². The largest absolute Gasteiger partial charge is 0.325 e. The van der Waals surface area contributed by atoms with Crippen LogP contribution in [-0.2, 0) is 16.9 Å². The van der Waals surface area contributed by atoms with Gasteiger partial charge in [-0.05, 0) is 42.3 Å². The summed E-state index contributed by atoms with van der Waals surface area (Å²) in [4.78, 5) is 26.3. The van der Waals surface area contributed by atoms with Gasteiger partial charge in [-0.1, -0.05) is 35.9 Å². The summed E-state index contributed by atoms with van der Waals surface area (Å²) in [6.07, 6.45) is 0. The highest BCUT2D eigenvalue weighted by molar-refractivity contribution is 6.30. The summed E-state index contributed by atoms with van der Waals surface area (Å²) in [7, 11) is 0. The first-order chi connectivity index (χ1) is 11.4. The molecule has 3 amide bonds. The Morgan fingerprint density at radius 1 is 1.12 bits per heavy atom. The first-order valence-corrected chi connectivity index (χ1v) is 7.71. The molecule has 1 atom stereocenters. The minimum Gasteiger partial charge on any atom is -0.319 e. The van der Waals surface area contributed by atoms with E-state index in [-0.39, 0.29) is 12.5 Å². The van der Waals surface area contributed by atoms with E-state index in [0.29, 0.717) is 16.1 Å². The molecule has 1 aliphatic heterocycles. The number of nitriles is 1. The smallest absolute Gasteiger partial charge is 0.319 e. The normalized spacial score (nSPS) is 20.0. The first kappa shape index (κ1) is 16.0. The Balaban J connectivity index is 1.87. The van der Waals surface area contributed by atoms with Gasteiger partial charge in [-0.2, -0.15) is 5.26 Å². The van der Waals surface area contributed by atoms with Crippen LogP contribution >= 0.6 is 11.6 Å². The Morgan fingerprint density at radius 3 is 2.33 bits per heavy atom. The van der Waals surface area contributed by atoms with Crippen LogP contribution in [0, 0.1) is 11.3 Å². The van der Waals surface area contributed by atoms with Crippen LogP contribution in [0.4, 0.5) is 4.79 Å². The van der Waals surface area contributed by atoms with Gasteiger partial charge in [0, 0.05) is 5.02 Å². The van der Waals surface area contributed by atoms with Crippen molar-refractivity contribution in [3.63, 3.8) is 0 Å². The van der Waals surface area contributed by atoms with Gasteiger partial charge < -0.3 is 5.32 Å². The number of amides is 3. The maximum absolute atomic E-state index is 12.8. The van der Waals surface area contributed by atoms with Gasteiger partial charge in [-0.15, -0.1) is 0 Å². The Kier molecular flexibility index (Phi) is 4.00. The van der Waals surface area contributed by atoms with E-state index in [1.54, 1.807) is 55.5 Å². The highest BCUT2D eigenvalue weighted by Crippen LogP contribution is 2.30. The number of nitrogens with zero attached hydrogens (tertiary/aromatic N) is 2. The summed E-state index contributed by atoms with van der Waals surface area (Å²) in [5.74, 6) is -0.327. The summed E-state index contributed by atoms with van der Waals surface area (Å²) in [6.45, 7) is 1.84. The lowest BCUT2D eigenvalue weighted by Gasteiger charge is -2.22. The molecule has 0 spiro atoms. The monoisotopic (exact) mass is 339 g/mol. The van der Waals surface area contributed by atoms with E-state index in [9.17, 15) is 9.59 Å². The van der Waals surface area contributed by atoms with Gasteiger partial charge in [0.15, 0.2) is 0 Å². The molecule has 2 aromatic rings. The summed E-state index contributed by atoms with van der Waals surface area (Å²) >= 11 is 5.85. The van der Waals surface area contributed by atoms with Crippen molar-refractivity contribution in [2.75, 3.05) is 0 Å². The molecule has 0 aromatic heterocycles. The molecule has 1 aliphatic rings. The summed E-state index contributed by atoms with van der Waals surface area (Å²) < 4.78 is 0. The van der Waals surface area contributed by atoms with Gasteiger partial charge in [-0.25, -0.2) is 4.79 Å². The molecule has 1 N–H and O–H groups in total. The molecule has 1 unspecified atom stereocenters. The highest BCUT2D eigenvalue weighted by atomic mass is 35.5. The van der Waals surface area contributed by atoms with Gasteiger partial charge in [0.1, 0.15) is 5.54 Å². The minimum atomic E-state index is -1.14. The topological polar surface area (TPSA) is 73.2 Å². The van der Waals surface area contributed by atoms with Crippen LogP contribution in [0.1, 0.15) is 23.6 Å². The molecule has 6 heteroatoms. The molecule has 0 saturated carbocycles. The predicted octanol–water partition coefficient (Wildman–Crippen LogP) is 3.18. The van der Waals surface area contributed by atoms with Crippen molar-refractivity contribution in [3.05, 3.63) is 70.2 Å². The van der Waals surface area contributed by atoms with Crippen LogP contribution in [0.25, 0.3) is 0 Å². The predicted molar refractivity (Wildman–Crippen MR) is 89.0 cm³/mol. The Bertz CT molecular complexity index is 840. The standard InChI is InChI=1S/C18H14ClN3O2/c1-18(14-6-2-12(10-20)3-7-14)16(23)22(17(24)21-18)11-13-4-8-15(19)9-5-13/h2-9H,11H2,1H3,(H,21,24). The van der Waals surface area contributed by atoms with Crippen molar-refractivity contribution in [2.45, 2.75) is 19.0 Å². The second-order valence-electron chi connectivity index (χ2n) is 5.76. The Hall–Kier alpha value is -2.84. The number of hydrogen-bond acceptors (Lipinski definition) is 3. The fraction of sp³-hybridized carbons (Fsp3) is 0.167. The van der Waals surface area contributed by atoms with Crippen LogP contribution in [0.3, 0.4) is 0 Å². The van der Waals surface area contributed by atoms with E-state index in [4.69, 9.17) is 16.9 Å². The molecule has 0 bridgehead atoms. The molecule has 120 valence electrons. The van der Waals surface area contributed by atoms with E-state index in [0.717, 1.165) is 5.56 Å². The number of carbonyl (C=O) groups is 2. The third-order valence-electron chi connectivity index (χ3n) is 4.12. The number of benzene rings is 2. The van der Waals surface area contributed by atoms with Crippen LogP contribution in [0.15, 0.2) is 48.5 Å². The quantitative estimate of drug-likeness (QED) is 0.873. The average molecular weight is 340 g/mol. The van der Waals surface area contributed by atoms with Crippen molar-refractivity contribution in [1.82, 2.24) is 10.2 Å². The van der Waals surface area contributed by atoms with Crippen molar-refractivity contribution in [1.29, 1.82) is 5.26 Å². The summed E-state index contributed by atoms with van der Waals surface area (Å²) in [5.41, 5.74) is 0.805. The molecular weight excluding hydrogens is 326 g/mol. The number of hydrogen-bond donors (Lipinski definition) is 1. The van der Waals surface area contributed by atoms with Crippen molar-refractivity contribution < 1.29 is 9.59 Å². The van der Waals surface area contributed by atoms with E-state index in [1.807, 2.05) is 6.07 Å². The molecule has 2 aromatic carbocycles. The number of nitrogens with one attached hydrogen (secondary N) is 1. The lowest BCUT2D eigenvalue weighted by molar-refractivity contribution is -0.131. The fourth-order valence-corrected chi connectivity index (χ4v) is 2.81. The third-order valence-corrected chi connectivity index (χ3v) is 4.37. The molecule has 1 fully saturated rings. The third kappa shape index (κ3) is 2.72. The summed E-state index contributed by atoms with van der Waals surface area (Å²) in [5, 5.41) is 12.2. The minimum absolute atomic E-state index is 0.174. The van der Waals surface area contributed by atoms with Crippen LogP contribution in [0.5, 0.6) is 0 Å². The second kappa shape index (κ2) is 5.99. The first-order valence-electron chi connectivity index (χ1n) is 7.33. The molecule has 1 heterocycles.